The van der Waals surface area contributed by atoms with Crippen LogP contribution >= 0.6 is 15.9 Å². The zero-order valence-corrected chi connectivity index (χ0v) is 12.6. The van der Waals surface area contributed by atoms with E-state index in [-0.39, 0.29) is 5.91 Å². The van der Waals surface area contributed by atoms with Gasteiger partial charge in [0.15, 0.2) is 0 Å². The first-order chi connectivity index (χ1) is 9.69. The van der Waals surface area contributed by atoms with Gasteiger partial charge in [-0.05, 0) is 36.4 Å². The largest absolute Gasteiger partial charge is 0.496 e. The van der Waals surface area contributed by atoms with Crippen molar-refractivity contribution in [2.24, 2.45) is 0 Å². The summed E-state index contributed by atoms with van der Waals surface area (Å²) in [6, 6.07) is 14.9. The Kier molecular flexibility index (Phi) is 4.96. The SMILES string of the molecule is COc1ccccc1/C=C/C(=O)Nc1ccc(Br)cc1. The molecule has 0 fully saturated rings. The number of amides is 1. The normalized spacial score (nSPS) is 10.5. The Morgan fingerprint density at radius 2 is 1.85 bits per heavy atom. The van der Waals surface area contributed by atoms with Crippen LogP contribution in [0.25, 0.3) is 6.08 Å². The highest BCUT2D eigenvalue weighted by atomic mass is 79.9. The van der Waals surface area contributed by atoms with Gasteiger partial charge in [-0.2, -0.15) is 0 Å². The predicted octanol–water partition coefficient (Wildman–Crippen LogP) is 4.11. The molecule has 0 unspecified atom stereocenters. The lowest BCUT2D eigenvalue weighted by atomic mass is 10.2. The van der Waals surface area contributed by atoms with Crippen molar-refractivity contribution in [3.8, 4) is 5.75 Å². The van der Waals surface area contributed by atoms with E-state index in [1.165, 1.54) is 6.08 Å². The van der Waals surface area contributed by atoms with Crippen LogP contribution in [0.1, 0.15) is 5.56 Å². The fourth-order valence-corrected chi connectivity index (χ4v) is 1.95. The number of methoxy groups -OCH3 is 1. The maximum absolute atomic E-state index is 11.8. The van der Waals surface area contributed by atoms with Gasteiger partial charge < -0.3 is 10.1 Å². The van der Waals surface area contributed by atoms with Crippen LogP contribution in [0.5, 0.6) is 5.75 Å². The maximum Gasteiger partial charge on any atom is 0.248 e. The molecule has 0 spiro atoms. The standard InChI is InChI=1S/C16H14BrNO2/c1-20-15-5-3-2-4-12(15)6-11-16(19)18-14-9-7-13(17)8-10-14/h2-11H,1H3,(H,18,19)/b11-6+. The minimum Gasteiger partial charge on any atom is -0.496 e. The number of para-hydroxylation sites is 1. The Labute approximate surface area is 126 Å². The zero-order valence-electron chi connectivity index (χ0n) is 11.0. The molecule has 0 saturated carbocycles. The third kappa shape index (κ3) is 3.96. The van der Waals surface area contributed by atoms with Crippen LogP contribution in [-0.2, 0) is 4.79 Å². The lowest BCUT2D eigenvalue weighted by Gasteiger charge is -2.04. The average molecular weight is 332 g/mol. The van der Waals surface area contributed by atoms with Crippen molar-refractivity contribution in [1.82, 2.24) is 0 Å². The smallest absolute Gasteiger partial charge is 0.248 e. The van der Waals surface area contributed by atoms with Crippen molar-refractivity contribution in [3.05, 3.63) is 64.6 Å². The quantitative estimate of drug-likeness (QED) is 0.856. The van der Waals surface area contributed by atoms with Crippen molar-refractivity contribution in [2.45, 2.75) is 0 Å². The van der Waals surface area contributed by atoms with Gasteiger partial charge in [-0.1, -0.05) is 34.1 Å². The van der Waals surface area contributed by atoms with Crippen LogP contribution < -0.4 is 10.1 Å². The van der Waals surface area contributed by atoms with Gasteiger partial charge in [0.05, 0.1) is 7.11 Å². The van der Waals surface area contributed by atoms with Gasteiger partial charge in [-0.15, -0.1) is 0 Å². The molecule has 0 atom stereocenters. The first-order valence-electron chi connectivity index (χ1n) is 6.06. The number of benzene rings is 2. The van der Waals surface area contributed by atoms with Crippen molar-refractivity contribution in [1.29, 1.82) is 0 Å². The van der Waals surface area contributed by atoms with Gasteiger partial charge in [0.1, 0.15) is 5.75 Å². The molecule has 0 aliphatic heterocycles. The van der Waals surface area contributed by atoms with Gasteiger partial charge in [-0.25, -0.2) is 0 Å². The number of hydrogen-bond donors (Lipinski definition) is 1. The average Bonchev–Trinajstić information content (AvgIpc) is 2.48. The number of halogens is 1. The number of ether oxygens (including phenoxy) is 1. The van der Waals surface area contributed by atoms with Crippen molar-refractivity contribution in [2.75, 3.05) is 12.4 Å². The van der Waals surface area contributed by atoms with E-state index in [2.05, 4.69) is 21.2 Å². The Morgan fingerprint density at radius 3 is 2.55 bits per heavy atom. The summed E-state index contributed by atoms with van der Waals surface area (Å²) in [5.41, 5.74) is 1.61. The van der Waals surface area contributed by atoms with Crippen LogP contribution in [0, 0.1) is 0 Å². The van der Waals surface area contributed by atoms with Crippen LogP contribution in [0.2, 0.25) is 0 Å². The molecule has 2 aromatic rings. The molecule has 0 saturated heterocycles. The number of carbonyl (C=O) groups is 1. The Balaban J connectivity index is 2.04. The number of anilines is 1. The van der Waals surface area contributed by atoms with Crippen molar-refractivity contribution < 1.29 is 9.53 Å². The van der Waals surface area contributed by atoms with E-state index in [0.29, 0.717) is 0 Å². The molecule has 1 N–H and O–H groups in total. The molecular weight excluding hydrogens is 318 g/mol. The Hall–Kier alpha value is -2.07. The number of hydrogen-bond acceptors (Lipinski definition) is 2. The number of nitrogens with one attached hydrogen (secondary N) is 1. The second-order valence-corrected chi connectivity index (χ2v) is 4.99. The molecule has 2 aromatic carbocycles. The molecular formula is C16H14BrNO2. The minimum absolute atomic E-state index is 0.182. The highest BCUT2D eigenvalue weighted by Gasteiger charge is 2.00. The molecule has 4 heteroatoms. The molecule has 2 rings (SSSR count). The Bertz CT molecular complexity index is 621. The van der Waals surface area contributed by atoms with Gasteiger partial charge in [0.25, 0.3) is 0 Å². The second-order valence-electron chi connectivity index (χ2n) is 4.07. The monoisotopic (exact) mass is 331 g/mol. The molecule has 20 heavy (non-hydrogen) atoms. The third-order valence-corrected chi connectivity index (χ3v) is 3.19. The van der Waals surface area contributed by atoms with Gasteiger partial charge >= 0.3 is 0 Å². The summed E-state index contributed by atoms with van der Waals surface area (Å²) in [7, 11) is 1.61. The van der Waals surface area contributed by atoms with Gasteiger partial charge in [0, 0.05) is 21.8 Å². The topological polar surface area (TPSA) is 38.3 Å². The first-order valence-corrected chi connectivity index (χ1v) is 6.86. The van der Waals surface area contributed by atoms with E-state index >= 15 is 0 Å². The maximum atomic E-state index is 11.8. The molecule has 0 heterocycles. The summed E-state index contributed by atoms with van der Waals surface area (Å²) in [6.07, 6.45) is 3.22. The number of rotatable bonds is 4. The zero-order chi connectivity index (χ0) is 14.4. The highest BCUT2D eigenvalue weighted by Crippen LogP contribution is 2.19. The van der Waals surface area contributed by atoms with Gasteiger partial charge in [0.2, 0.25) is 5.91 Å². The molecule has 1 amide bonds. The summed E-state index contributed by atoms with van der Waals surface area (Å²) >= 11 is 3.35. The van der Waals surface area contributed by atoms with E-state index in [9.17, 15) is 4.79 Å². The van der Waals surface area contributed by atoms with Crippen molar-refractivity contribution in [3.63, 3.8) is 0 Å². The molecule has 0 bridgehead atoms. The molecule has 102 valence electrons. The second kappa shape index (κ2) is 6.91. The Morgan fingerprint density at radius 1 is 1.15 bits per heavy atom. The predicted molar refractivity (Wildman–Crippen MR) is 84.8 cm³/mol. The molecule has 0 aromatic heterocycles. The lowest BCUT2D eigenvalue weighted by molar-refractivity contribution is -0.111. The fourth-order valence-electron chi connectivity index (χ4n) is 1.69. The van der Waals surface area contributed by atoms with E-state index in [1.54, 1.807) is 13.2 Å². The van der Waals surface area contributed by atoms with E-state index in [0.717, 1.165) is 21.5 Å². The summed E-state index contributed by atoms with van der Waals surface area (Å²) in [5, 5.41) is 2.79. The van der Waals surface area contributed by atoms with Crippen LogP contribution in [0.4, 0.5) is 5.69 Å². The number of carbonyl (C=O) groups excluding carboxylic acids is 1. The van der Waals surface area contributed by atoms with E-state index < -0.39 is 0 Å². The molecule has 0 aliphatic rings. The molecule has 0 aliphatic carbocycles. The third-order valence-electron chi connectivity index (χ3n) is 2.66. The summed E-state index contributed by atoms with van der Waals surface area (Å²) < 4.78 is 6.19. The summed E-state index contributed by atoms with van der Waals surface area (Å²) in [5.74, 6) is 0.554. The van der Waals surface area contributed by atoms with Crippen LogP contribution in [-0.4, -0.2) is 13.0 Å². The van der Waals surface area contributed by atoms with E-state index in [4.69, 9.17) is 4.74 Å². The van der Waals surface area contributed by atoms with E-state index in [1.807, 2.05) is 48.5 Å². The highest BCUT2D eigenvalue weighted by molar-refractivity contribution is 9.10. The van der Waals surface area contributed by atoms with Crippen LogP contribution in [0.3, 0.4) is 0 Å². The fraction of sp³-hybridized carbons (Fsp3) is 0.0625. The van der Waals surface area contributed by atoms with Gasteiger partial charge in [-0.3, -0.25) is 4.79 Å². The summed E-state index contributed by atoms with van der Waals surface area (Å²) in [4.78, 5) is 11.8. The summed E-state index contributed by atoms with van der Waals surface area (Å²) in [6.45, 7) is 0. The first kappa shape index (κ1) is 14.3. The van der Waals surface area contributed by atoms with Crippen LogP contribution in [0.15, 0.2) is 59.1 Å². The lowest BCUT2D eigenvalue weighted by Crippen LogP contribution is -2.07. The molecule has 3 nitrogen and oxygen atoms in total. The minimum atomic E-state index is -0.182. The molecule has 0 radical (unpaired) electrons. The van der Waals surface area contributed by atoms with Crippen molar-refractivity contribution >= 4 is 33.6 Å².